The lowest BCUT2D eigenvalue weighted by Gasteiger charge is -2.37. The summed E-state index contributed by atoms with van der Waals surface area (Å²) in [5.41, 5.74) is -2.62. The topological polar surface area (TPSA) is 180 Å². The van der Waals surface area contributed by atoms with Crippen LogP contribution < -0.4 is 0 Å². The van der Waals surface area contributed by atoms with Gasteiger partial charge in [-0.3, -0.25) is 14.4 Å². The van der Waals surface area contributed by atoms with E-state index in [-0.39, 0.29) is 39.1 Å². The molecule has 0 aromatic rings. The van der Waals surface area contributed by atoms with Gasteiger partial charge in [0.1, 0.15) is 25.4 Å². The van der Waals surface area contributed by atoms with Crippen molar-refractivity contribution in [2.45, 2.75) is 78.6 Å². The lowest BCUT2D eigenvalue weighted by molar-refractivity contribution is -0.169. The van der Waals surface area contributed by atoms with Crippen LogP contribution in [-0.4, -0.2) is 94.8 Å². The molecule has 0 aromatic heterocycles. The molecule has 0 saturated carbocycles. The average Bonchev–Trinajstić information content (AvgIpc) is 2.79. The predicted molar refractivity (Wildman–Crippen MR) is 121 cm³/mol. The Morgan fingerprint density at radius 2 is 1.32 bits per heavy atom. The first-order valence-corrected chi connectivity index (χ1v) is 11.5. The van der Waals surface area contributed by atoms with Gasteiger partial charge in [0.15, 0.2) is 0 Å². The molecular weight excluding hydrogens is 452 g/mol. The summed E-state index contributed by atoms with van der Waals surface area (Å²) in [4.78, 5) is 37.2. The lowest BCUT2D eigenvalue weighted by Crippen LogP contribution is -2.43. The standard InChI is InChI=1S/C23H42O11/c1-6-16(25)10-32-11-18(27)13-34-20(30)22(4,7-2)14-23(5,8-15(3)19(28)29)21(31)33-12-17(26)9-24/h15-18,24-27H,6-14H2,1-5H3,(H,28,29). The Bertz CT molecular complexity index is 640. The monoisotopic (exact) mass is 494 g/mol. The highest BCUT2D eigenvalue weighted by Gasteiger charge is 2.47. The van der Waals surface area contributed by atoms with E-state index in [0.29, 0.717) is 6.42 Å². The Labute approximate surface area is 201 Å². The quantitative estimate of drug-likeness (QED) is 0.167. The zero-order valence-corrected chi connectivity index (χ0v) is 20.9. The lowest BCUT2D eigenvalue weighted by atomic mass is 9.68. The maximum Gasteiger partial charge on any atom is 0.311 e. The number of aliphatic hydroxyl groups is 4. The molecule has 34 heavy (non-hydrogen) atoms. The van der Waals surface area contributed by atoms with Gasteiger partial charge in [0.2, 0.25) is 0 Å². The molecule has 0 radical (unpaired) electrons. The number of hydrogen-bond donors (Lipinski definition) is 5. The number of hydrogen-bond acceptors (Lipinski definition) is 10. The van der Waals surface area contributed by atoms with E-state index in [1.807, 2.05) is 0 Å². The van der Waals surface area contributed by atoms with Gasteiger partial charge in [0.05, 0.1) is 42.7 Å². The van der Waals surface area contributed by atoms with Gasteiger partial charge in [0, 0.05) is 0 Å². The van der Waals surface area contributed by atoms with Crippen molar-refractivity contribution in [1.29, 1.82) is 0 Å². The van der Waals surface area contributed by atoms with Crippen molar-refractivity contribution in [3.05, 3.63) is 0 Å². The molecule has 11 nitrogen and oxygen atoms in total. The summed E-state index contributed by atoms with van der Waals surface area (Å²) in [5.74, 6) is -3.52. The molecule has 0 rings (SSSR count). The molecule has 0 fully saturated rings. The summed E-state index contributed by atoms with van der Waals surface area (Å²) in [6.07, 6.45) is -2.52. The second kappa shape index (κ2) is 15.3. The minimum Gasteiger partial charge on any atom is -0.481 e. The Hall–Kier alpha value is -1.79. The van der Waals surface area contributed by atoms with Gasteiger partial charge < -0.3 is 39.7 Å². The second-order valence-corrected chi connectivity index (χ2v) is 9.38. The van der Waals surface area contributed by atoms with Crippen molar-refractivity contribution in [1.82, 2.24) is 0 Å². The number of ether oxygens (including phenoxy) is 3. The molecule has 0 aliphatic rings. The van der Waals surface area contributed by atoms with Crippen molar-refractivity contribution >= 4 is 17.9 Å². The maximum atomic E-state index is 12.9. The van der Waals surface area contributed by atoms with Crippen molar-refractivity contribution in [3.8, 4) is 0 Å². The summed E-state index contributed by atoms with van der Waals surface area (Å²) in [7, 11) is 0. The molecule has 6 unspecified atom stereocenters. The number of carbonyl (C=O) groups excluding carboxylic acids is 2. The van der Waals surface area contributed by atoms with Crippen LogP contribution in [0.3, 0.4) is 0 Å². The van der Waals surface area contributed by atoms with E-state index in [1.165, 1.54) is 13.8 Å². The van der Waals surface area contributed by atoms with Crippen LogP contribution in [0.5, 0.6) is 0 Å². The molecule has 0 bridgehead atoms. The Morgan fingerprint density at radius 1 is 0.824 bits per heavy atom. The normalized spacial score (nSPS) is 18.6. The average molecular weight is 495 g/mol. The molecule has 0 aliphatic carbocycles. The summed E-state index contributed by atoms with van der Waals surface area (Å²) in [6.45, 7) is 6.47. The fourth-order valence-corrected chi connectivity index (χ4v) is 3.44. The molecule has 5 N–H and O–H groups in total. The van der Waals surface area contributed by atoms with Crippen LogP contribution in [0.2, 0.25) is 0 Å². The molecule has 0 heterocycles. The highest BCUT2D eigenvalue weighted by atomic mass is 16.6. The first kappa shape index (κ1) is 32.2. The predicted octanol–water partition coefficient (Wildman–Crippen LogP) is 0.498. The van der Waals surface area contributed by atoms with E-state index in [9.17, 15) is 34.8 Å². The third-order valence-electron chi connectivity index (χ3n) is 5.84. The highest BCUT2D eigenvalue weighted by molar-refractivity contribution is 5.81. The molecular formula is C23H42O11. The number of carbonyl (C=O) groups is 3. The summed E-state index contributed by atoms with van der Waals surface area (Å²) in [6, 6.07) is 0. The number of esters is 2. The third-order valence-corrected chi connectivity index (χ3v) is 5.84. The van der Waals surface area contributed by atoms with Gasteiger partial charge in [0.25, 0.3) is 0 Å². The van der Waals surface area contributed by atoms with Gasteiger partial charge in [-0.2, -0.15) is 0 Å². The molecule has 200 valence electrons. The SMILES string of the molecule is CCC(O)COCC(O)COC(=O)C(C)(CC)CC(C)(CC(C)C(=O)O)C(=O)OCC(O)CO. The van der Waals surface area contributed by atoms with Crippen molar-refractivity contribution in [3.63, 3.8) is 0 Å². The summed E-state index contributed by atoms with van der Waals surface area (Å²) in [5, 5.41) is 47.2. The highest BCUT2D eigenvalue weighted by Crippen LogP contribution is 2.42. The van der Waals surface area contributed by atoms with Crippen LogP contribution in [0.25, 0.3) is 0 Å². The zero-order valence-electron chi connectivity index (χ0n) is 20.9. The minimum absolute atomic E-state index is 0.0430. The molecule has 0 spiro atoms. The van der Waals surface area contributed by atoms with Crippen LogP contribution in [0, 0.1) is 16.7 Å². The van der Waals surface area contributed by atoms with Gasteiger partial charge in [-0.1, -0.05) is 20.8 Å². The number of aliphatic carboxylic acids is 1. The summed E-state index contributed by atoms with van der Waals surface area (Å²) < 4.78 is 15.6. The fraction of sp³-hybridized carbons (Fsp3) is 0.870. The summed E-state index contributed by atoms with van der Waals surface area (Å²) >= 11 is 0. The second-order valence-electron chi connectivity index (χ2n) is 9.38. The van der Waals surface area contributed by atoms with E-state index in [2.05, 4.69) is 0 Å². The zero-order chi connectivity index (χ0) is 26.5. The first-order chi connectivity index (χ1) is 15.7. The van der Waals surface area contributed by atoms with E-state index >= 15 is 0 Å². The molecule has 6 atom stereocenters. The van der Waals surface area contributed by atoms with Crippen LogP contribution >= 0.6 is 0 Å². The van der Waals surface area contributed by atoms with Crippen LogP contribution in [-0.2, 0) is 28.6 Å². The number of aliphatic hydroxyl groups excluding tert-OH is 4. The van der Waals surface area contributed by atoms with E-state index in [4.69, 9.17) is 19.3 Å². The van der Waals surface area contributed by atoms with E-state index in [1.54, 1.807) is 20.8 Å². The Balaban J connectivity index is 5.34. The molecule has 0 saturated heterocycles. The number of carboxylic acid groups (broad SMARTS) is 1. The first-order valence-electron chi connectivity index (χ1n) is 11.5. The van der Waals surface area contributed by atoms with E-state index < -0.39 is 66.2 Å². The minimum atomic E-state index is -1.41. The van der Waals surface area contributed by atoms with Crippen LogP contribution in [0.15, 0.2) is 0 Å². The third kappa shape index (κ3) is 11.1. The van der Waals surface area contributed by atoms with Gasteiger partial charge in [-0.15, -0.1) is 0 Å². The van der Waals surface area contributed by atoms with Crippen LogP contribution in [0.1, 0.15) is 60.3 Å². The molecule has 0 aromatic carbocycles. The van der Waals surface area contributed by atoms with Crippen LogP contribution in [0.4, 0.5) is 0 Å². The van der Waals surface area contributed by atoms with Crippen molar-refractivity contribution in [2.75, 3.05) is 33.0 Å². The van der Waals surface area contributed by atoms with Gasteiger partial charge in [-0.05, 0) is 39.5 Å². The van der Waals surface area contributed by atoms with Gasteiger partial charge in [-0.25, -0.2) is 0 Å². The van der Waals surface area contributed by atoms with Crippen molar-refractivity contribution < 1.29 is 54.1 Å². The van der Waals surface area contributed by atoms with Crippen molar-refractivity contribution in [2.24, 2.45) is 16.7 Å². The molecule has 0 aliphatic heterocycles. The smallest absolute Gasteiger partial charge is 0.311 e. The fourth-order valence-electron chi connectivity index (χ4n) is 3.44. The van der Waals surface area contributed by atoms with Gasteiger partial charge >= 0.3 is 17.9 Å². The largest absolute Gasteiger partial charge is 0.481 e. The van der Waals surface area contributed by atoms with E-state index in [0.717, 1.165) is 0 Å². The Kier molecular flexibility index (Phi) is 14.5. The molecule has 0 amide bonds. The molecule has 11 heteroatoms. The number of carboxylic acids is 1. The number of rotatable bonds is 18. The Morgan fingerprint density at radius 3 is 1.79 bits per heavy atom. The maximum absolute atomic E-state index is 12.9.